The van der Waals surface area contributed by atoms with E-state index in [9.17, 15) is 4.79 Å². The highest BCUT2D eigenvalue weighted by atomic mass is 32.1. The maximum absolute atomic E-state index is 11.0. The minimum atomic E-state index is -0.949. The molecule has 0 saturated heterocycles. The van der Waals surface area contributed by atoms with Crippen molar-refractivity contribution in [3.05, 3.63) is 35.7 Å². The van der Waals surface area contributed by atoms with Crippen LogP contribution in [0, 0.1) is 0 Å². The molecule has 1 aromatic carbocycles. The fourth-order valence-corrected chi connectivity index (χ4v) is 2.82. The highest BCUT2D eigenvalue weighted by Gasteiger charge is 2.23. The first-order valence-electron chi connectivity index (χ1n) is 6.43. The zero-order valence-corrected chi connectivity index (χ0v) is 12.7. The molecule has 0 saturated carbocycles. The number of aromatic carboxylic acids is 1. The largest absolute Gasteiger partial charge is 0.478 e. The molecule has 0 aliphatic heterocycles. The van der Waals surface area contributed by atoms with Gasteiger partial charge in [-0.2, -0.15) is 9.61 Å². The predicted molar refractivity (Wildman–Crippen MR) is 79.8 cm³/mol. The van der Waals surface area contributed by atoms with Crippen LogP contribution in [0.1, 0.15) is 37.0 Å². The summed E-state index contributed by atoms with van der Waals surface area (Å²) >= 11 is 1.39. The molecule has 6 nitrogen and oxygen atoms in total. The van der Waals surface area contributed by atoms with E-state index < -0.39 is 5.97 Å². The lowest BCUT2D eigenvalue weighted by atomic mass is 9.96. The maximum Gasteiger partial charge on any atom is 0.335 e. The van der Waals surface area contributed by atoms with Crippen LogP contribution in [0.5, 0.6) is 0 Å². The lowest BCUT2D eigenvalue weighted by molar-refractivity contribution is 0.0697. The van der Waals surface area contributed by atoms with Crippen LogP contribution in [0.2, 0.25) is 0 Å². The van der Waals surface area contributed by atoms with Crippen LogP contribution in [0.3, 0.4) is 0 Å². The SMILES string of the molecule is CC(C)(C)c1nnc2sc(-c3cccc(C(=O)O)c3)nn12. The molecule has 0 spiro atoms. The van der Waals surface area contributed by atoms with Crippen molar-refractivity contribution in [1.29, 1.82) is 0 Å². The van der Waals surface area contributed by atoms with Gasteiger partial charge in [0.25, 0.3) is 0 Å². The first kappa shape index (κ1) is 13.7. The molecule has 3 aromatic rings. The van der Waals surface area contributed by atoms with Crippen molar-refractivity contribution in [2.75, 3.05) is 0 Å². The molecule has 0 aliphatic carbocycles. The first-order valence-corrected chi connectivity index (χ1v) is 7.24. The summed E-state index contributed by atoms with van der Waals surface area (Å²) in [5.41, 5.74) is 0.855. The number of carboxylic acid groups (broad SMARTS) is 1. The summed E-state index contributed by atoms with van der Waals surface area (Å²) in [7, 11) is 0. The maximum atomic E-state index is 11.0. The van der Waals surface area contributed by atoms with Crippen LogP contribution in [0.25, 0.3) is 15.5 Å². The van der Waals surface area contributed by atoms with Gasteiger partial charge in [0, 0.05) is 11.0 Å². The third-order valence-corrected chi connectivity index (χ3v) is 3.97. The fraction of sp³-hybridized carbons (Fsp3) is 0.286. The molecule has 0 radical (unpaired) electrons. The number of nitrogens with zero attached hydrogens (tertiary/aromatic N) is 4. The molecule has 0 aliphatic rings. The molecule has 0 unspecified atom stereocenters. The van der Waals surface area contributed by atoms with Gasteiger partial charge in [0.2, 0.25) is 4.96 Å². The quantitative estimate of drug-likeness (QED) is 0.787. The van der Waals surface area contributed by atoms with Gasteiger partial charge in [-0.15, -0.1) is 10.2 Å². The average Bonchev–Trinajstić information content (AvgIpc) is 2.96. The topological polar surface area (TPSA) is 80.4 Å². The van der Waals surface area contributed by atoms with E-state index in [1.165, 1.54) is 11.3 Å². The second-order valence-electron chi connectivity index (χ2n) is 5.76. The molecule has 108 valence electrons. The Morgan fingerprint density at radius 2 is 2.05 bits per heavy atom. The fourth-order valence-electron chi connectivity index (χ4n) is 1.99. The standard InChI is InChI=1S/C14H14N4O2S/c1-14(2,3)12-15-16-13-18(12)17-10(21-13)8-5-4-6-9(7-8)11(19)20/h4-7H,1-3H3,(H,19,20). The van der Waals surface area contributed by atoms with Crippen LogP contribution >= 0.6 is 11.3 Å². The summed E-state index contributed by atoms with van der Waals surface area (Å²) in [5.74, 6) is -0.162. The summed E-state index contributed by atoms with van der Waals surface area (Å²) in [5, 5.41) is 22.6. The van der Waals surface area contributed by atoms with Crippen molar-refractivity contribution >= 4 is 22.3 Å². The Bertz CT molecular complexity index is 829. The van der Waals surface area contributed by atoms with Crippen molar-refractivity contribution in [3.8, 4) is 10.6 Å². The monoisotopic (exact) mass is 302 g/mol. The second kappa shape index (κ2) is 4.63. The van der Waals surface area contributed by atoms with E-state index in [0.717, 1.165) is 16.4 Å². The third kappa shape index (κ3) is 2.40. The normalized spacial score (nSPS) is 12.0. The van der Waals surface area contributed by atoms with Gasteiger partial charge in [0.15, 0.2) is 5.82 Å². The molecule has 7 heteroatoms. The number of fused-ring (bicyclic) bond motifs is 1. The van der Waals surface area contributed by atoms with Crippen LogP contribution in [-0.4, -0.2) is 30.9 Å². The van der Waals surface area contributed by atoms with Gasteiger partial charge >= 0.3 is 5.97 Å². The van der Waals surface area contributed by atoms with Gasteiger partial charge < -0.3 is 5.11 Å². The van der Waals surface area contributed by atoms with Crippen molar-refractivity contribution < 1.29 is 9.90 Å². The Morgan fingerprint density at radius 3 is 2.71 bits per heavy atom. The summed E-state index contributed by atoms with van der Waals surface area (Å²) in [4.78, 5) is 11.8. The van der Waals surface area contributed by atoms with Crippen LogP contribution < -0.4 is 0 Å². The average molecular weight is 302 g/mol. The number of benzene rings is 1. The summed E-state index contributed by atoms with van der Waals surface area (Å²) < 4.78 is 1.73. The molecule has 0 atom stereocenters. The molecule has 2 heterocycles. The Hall–Kier alpha value is -2.28. The van der Waals surface area contributed by atoms with Crippen LogP contribution in [0.4, 0.5) is 0 Å². The third-order valence-electron chi connectivity index (χ3n) is 3.02. The molecule has 3 rings (SSSR count). The van der Waals surface area contributed by atoms with Gasteiger partial charge in [-0.3, -0.25) is 0 Å². The smallest absolute Gasteiger partial charge is 0.335 e. The van der Waals surface area contributed by atoms with Gasteiger partial charge in [0.1, 0.15) is 5.01 Å². The van der Waals surface area contributed by atoms with Gasteiger partial charge in [0.05, 0.1) is 5.56 Å². The molecule has 0 fully saturated rings. The number of carbonyl (C=O) groups is 1. The van der Waals surface area contributed by atoms with Crippen molar-refractivity contribution in [3.63, 3.8) is 0 Å². The van der Waals surface area contributed by atoms with Gasteiger partial charge in [-0.1, -0.05) is 44.2 Å². The van der Waals surface area contributed by atoms with E-state index in [1.54, 1.807) is 22.7 Å². The summed E-state index contributed by atoms with van der Waals surface area (Å²) in [6, 6.07) is 6.73. The van der Waals surface area contributed by atoms with E-state index in [2.05, 4.69) is 15.3 Å². The lowest BCUT2D eigenvalue weighted by Crippen LogP contribution is -2.16. The summed E-state index contributed by atoms with van der Waals surface area (Å²) in [6.45, 7) is 6.15. The Labute approximate surface area is 125 Å². The van der Waals surface area contributed by atoms with Crippen LogP contribution in [-0.2, 0) is 5.41 Å². The number of hydrogen-bond acceptors (Lipinski definition) is 5. The van der Waals surface area contributed by atoms with E-state index >= 15 is 0 Å². The molecule has 2 aromatic heterocycles. The Morgan fingerprint density at radius 1 is 1.29 bits per heavy atom. The number of aromatic nitrogens is 4. The highest BCUT2D eigenvalue weighted by molar-refractivity contribution is 7.19. The zero-order chi connectivity index (χ0) is 15.2. The Kier molecular flexibility index (Phi) is 3.02. The number of hydrogen-bond donors (Lipinski definition) is 1. The van der Waals surface area contributed by atoms with Gasteiger partial charge in [-0.25, -0.2) is 4.79 Å². The van der Waals surface area contributed by atoms with Crippen molar-refractivity contribution in [2.45, 2.75) is 26.2 Å². The zero-order valence-electron chi connectivity index (χ0n) is 11.9. The number of carboxylic acids is 1. The molecule has 1 N–H and O–H groups in total. The van der Waals surface area contributed by atoms with Crippen LogP contribution in [0.15, 0.2) is 24.3 Å². The van der Waals surface area contributed by atoms with E-state index in [0.29, 0.717) is 4.96 Å². The molecule has 0 bridgehead atoms. The second-order valence-corrected chi connectivity index (χ2v) is 6.72. The molecule has 0 amide bonds. The minimum absolute atomic E-state index is 0.159. The minimum Gasteiger partial charge on any atom is -0.478 e. The molecular weight excluding hydrogens is 288 g/mol. The molecule has 21 heavy (non-hydrogen) atoms. The Balaban J connectivity index is 2.12. The first-order chi connectivity index (χ1) is 9.86. The lowest BCUT2D eigenvalue weighted by Gasteiger charge is -2.13. The van der Waals surface area contributed by atoms with E-state index in [-0.39, 0.29) is 11.0 Å². The number of rotatable bonds is 2. The van der Waals surface area contributed by atoms with Crippen molar-refractivity contribution in [2.24, 2.45) is 0 Å². The van der Waals surface area contributed by atoms with E-state index in [1.807, 2.05) is 26.8 Å². The predicted octanol–water partition coefficient (Wildman–Crippen LogP) is 2.85. The van der Waals surface area contributed by atoms with Gasteiger partial charge in [-0.05, 0) is 12.1 Å². The van der Waals surface area contributed by atoms with E-state index in [4.69, 9.17) is 5.11 Å². The highest BCUT2D eigenvalue weighted by Crippen LogP contribution is 2.29. The summed E-state index contributed by atoms with van der Waals surface area (Å²) in [6.07, 6.45) is 0. The van der Waals surface area contributed by atoms with Crippen molar-refractivity contribution in [1.82, 2.24) is 19.8 Å². The molecular formula is C14H14N4O2S.